The molecule has 4 aromatic carbocycles. The maximum Gasteiger partial charge on any atom is 0.0738 e. The van der Waals surface area contributed by atoms with E-state index in [1.807, 2.05) is 18.2 Å². The number of terminal acetylenes is 2. The molecule has 2 aliphatic rings. The molecule has 0 radical (unpaired) electrons. The highest BCUT2D eigenvalue weighted by atomic mass is 14.8. The van der Waals surface area contributed by atoms with Crippen molar-refractivity contribution >= 4 is 46.4 Å². The first-order valence-corrected chi connectivity index (χ1v) is 20.8. The second-order valence-electron chi connectivity index (χ2n) is 16.8. The van der Waals surface area contributed by atoms with Crippen molar-refractivity contribution in [2.45, 2.75) is 62.3 Å². The van der Waals surface area contributed by atoms with Crippen LogP contribution in [0.2, 0.25) is 0 Å². The predicted octanol–water partition coefficient (Wildman–Crippen LogP) is 14.1. The van der Waals surface area contributed by atoms with Gasteiger partial charge in [-0.05, 0) is 173 Å². The topological polar surface area (TPSA) is 57.4 Å². The normalized spacial score (nSPS) is 11.9. The Morgan fingerprint density at radius 3 is 0.984 bits per heavy atom. The summed E-state index contributed by atoms with van der Waals surface area (Å²) in [7, 11) is 0. The van der Waals surface area contributed by atoms with Gasteiger partial charge in [0.25, 0.3) is 0 Å². The maximum atomic E-state index is 6.27. The van der Waals surface area contributed by atoms with Gasteiger partial charge in [-0.3, -0.25) is 0 Å². The summed E-state index contributed by atoms with van der Waals surface area (Å²) in [6.07, 6.45) is 21.2. The molecule has 0 fully saturated rings. The minimum Gasteiger partial charge on any atom is -0.354 e. The largest absolute Gasteiger partial charge is 0.354 e. The van der Waals surface area contributed by atoms with Crippen molar-refractivity contribution in [1.29, 1.82) is 0 Å². The summed E-state index contributed by atoms with van der Waals surface area (Å²) in [6, 6.07) is 28.0. The SMILES string of the molecule is C#Cc1cccc(C#C)c1-c1c2ccc([nH]2)c(-c2c(C)cc(C)cc2C)c2nc(c(-c3c(C)cc(C)cc3C)c3nc(c(-c4c(C)cc(C)cc4C)c4ccc1[nH]4)C=C3)C=C2. The lowest BCUT2D eigenvalue weighted by Gasteiger charge is -2.15. The number of benzene rings is 4. The third kappa shape index (κ3) is 6.62. The van der Waals surface area contributed by atoms with Crippen molar-refractivity contribution in [2.24, 2.45) is 0 Å². The third-order valence-corrected chi connectivity index (χ3v) is 12.2. The molecule has 2 N–H and O–H groups in total. The summed E-state index contributed by atoms with van der Waals surface area (Å²) in [5, 5.41) is 0. The van der Waals surface area contributed by atoms with Gasteiger partial charge < -0.3 is 9.97 Å². The Hall–Kier alpha value is -7.40. The lowest BCUT2D eigenvalue weighted by molar-refractivity contribution is 1.24. The highest BCUT2D eigenvalue weighted by Crippen LogP contribution is 2.43. The second kappa shape index (κ2) is 15.0. The summed E-state index contributed by atoms with van der Waals surface area (Å²) in [4.78, 5) is 19.0. The Bertz CT molecular complexity index is 3100. The van der Waals surface area contributed by atoms with Crippen molar-refractivity contribution < 1.29 is 0 Å². The lowest BCUT2D eigenvalue weighted by Crippen LogP contribution is -1.97. The van der Waals surface area contributed by atoms with Crippen LogP contribution in [0.25, 0.3) is 90.9 Å². The number of aromatic amines is 2. The monoisotopic (exact) mass is 788 g/mol. The van der Waals surface area contributed by atoms with Gasteiger partial charge in [-0.1, -0.05) is 71.0 Å². The van der Waals surface area contributed by atoms with Crippen molar-refractivity contribution in [2.75, 3.05) is 0 Å². The van der Waals surface area contributed by atoms with Crippen molar-refractivity contribution in [3.8, 4) is 69.2 Å². The van der Waals surface area contributed by atoms with E-state index in [0.29, 0.717) is 11.1 Å². The van der Waals surface area contributed by atoms with Crippen LogP contribution in [0.5, 0.6) is 0 Å². The van der Waals surface area contributed by atoms with Gasteiger partial charge >= 0.3 is 0 Å². The zero-order chi connectivity index (χ0) is 42.9. The minimum atomic E-state index is 0.713. The first-order valence-electron chi connectivity index (χ1n) is 20.8. The van der Waals surface area contributed by atoms with Gasteiger partial charge in [0.1, 0.15) is 0 Å². The van der Waals surface area contributed by atoms with E-state index in [0.717, 1.165) is 89.4 Å². The Morgan fingerprint density at radius 2 is 0.656 bits per heavy atom. The number of hydrogen-bond donors (Lipinski definition) is 2. The maximum absolute atomic E-state index is 6.27. The molecule has 9 rings (SSSR count). The number of nitrogens with one attached hydrogen (secondary N) is 2. The van der Waals surface area contributed by atoms with E-state index >= 15 is 0 Å². The van der Waals surface area contributed by atoms with Gasteiger partial charge in [0.05, 0.1) is 22.8 Å². The molecule has 8 bridgehead atoms. The Balaban J connectivity index is 1.56. The molecule has 0 atom stereocenters. The molecule has 296 valence electrons. The zero-order valence-electron chi connectivity index (χ0n) is 36.4. The molecule has 5 heterocycles. The Labute approximate surface area is 359 Å². The molecular formula is C57H48N4. The van der Waals surface area contributed by atoms with Crippen LogP contribution in [-0.4, -0.2) is 19.9 Å². The van der Waals surface area contributed by atoms with Gasteiger partial charge in [-0.2, -0.15) is 0 Å². The molecule has 0 saturated carbocycles. The molecular weight excluding hydrogens is 741 g/mol. The molecule has 0 saturated heterocycles. The highest BCUT2D eigenvalue weighted by molar-refractivity contribution is 6.03. The summed E-state index contributed by atoms with van der Waals surface area (Å²) >= 11 is 0. The molecule has 61 heavy (non-hydrogen) atoms. The third-order valence-electron chi connectivity index (χ3n) is 12.2. The van der Waals surface area contributed by atoms with Crippen LogP contribution >= 0.6 is 0 Å². The van der Waals surface area contributed by atoms with Crippen molar-refractivity contribution in [3.05, 3.63) is 163 Å². The van der Waals surface area contributed by atoms with E-state index < -0.39 is 0 Å². The van der Waals surface area contributed by atoms with Crippen LogP contribution in [0.15, 0.2) is 78.9 Å². The van der Waals surface area contributed by atoms with Gasteiger partial charge in [0.2, 0.25) is 0 Å². The molecule has 3 aromatic heterocycles. The van der Waals surface area contributed by atoms with Gasteiger partial charge in [0, 0.05) is 61.0 Å². The van der Waals surface area contributed by atoms with E-state index in [-0.39, 0.29) is 0 Å². The van der Waals surface area contributed by atoms with Crippen LogP contribution in [0.1, 0.15) is 84.0 Å². The van der Waals surface area contributed by atoms with E-state index in [2.05, 4.69) is 169 Å². The summed E-state index contributed by atoms with van der Waals surface area (Å²) in [6.45, 7) is 19.6. The van der Waals surface area contributed by atoms with E-state index in [1.54, 1.807) is 0 Å². The van der Waals surface area contributed by atoms with Crippen LogP contribution < -0.4 is 0 Å². The highest BCUT2D eigenvalue weighted by Gasteiger charge is 2.24. The summed E-state index contributed by atoms with van der Waals surface area (Å²) in [5.74, 6) is 5.90. The number of hydrogen-bond acceptors (Lipinski definition) is 2. The first kappa shape index (κ1) is 39.1. The number of nitrogens with zero attached hydrogens (tertiary/aromatic N) is 2. The van der Waals surface area contributed by atoms with Crippen LogP contribution in [-0.2, 0) is 0 Å². The molecule has 0 unspecified atom stereocenters. The first-order chi connectivity index (χ1) is 29.3. The smallest absolute Gasteiger partial charge is 0.0738 e. The van der Waals surface area contributed by atoms with Gasteiger partial charge in [0.15, 0.2) is 0 Å². The fourth-order valence-corrected chi connectivity index (χ4v) is 10.0. The average Bonchev–Trinajstić information content (AvgIpc) is 4.05. The average molecular weight is 789 g/mol. The van der Waals surface area contributed by atoms with Crippen LogP contribution in [0.3, 0.4) is 0 Å². The summed E-state index contributed by atoms with van der Waals surface area (Å²) < 4.78 is 0. The molecule has 0 spiro atoms. The lowest BCUT2D eigenvalue weighted by atomic mass is 9.92. The summed E-state index contributed by atoms with van der Waals surface area (Å²) in [5.41, 5.74) is 27.4. The number of rotatable bonds is 4. The van der Waals surface area contributed by atoms with Crippen LogP contribution in [0, 0.1) is 87.0 Å². The molecule has 2 aliphatic heterocycles. The number of aromatic nitrogens is 4. The van der Waals surface area contributed by atoms with Crippen molar-refractivity contribution in [3.63, 3.8) is 0 Å². The molecule has 0 aliphatic carbocycles. The number of H-pyrrole nitrogens is 2. The van der Waals surface area contributed by atoms with Crippen LogP contribution in [0.4, 0.5) is 0 Å². The standard InChI is InChI=1S/C57H48N4/c1-12-40-15-14-16-41(13-2)53(40)57-48-23-21-46(60-48)55(51-36(8)27-32(4)28-37(51)9)44-19-17-42(58-44)54(50-34(6)25-31(3)26-35(50)7)43-18-20-45(59-43)56(47-22-24-49(57)61-47)52-38(10)29-33(5)30-39(52)11/h1-2,14-30,60-61H,3-11H3. The van der Waals surface area contributed by atoms with Crippen molar-refractivity contribution in [1.82, 2.24) is 19.9 Å². The number of fused-ring (bicyclic) bond motifs is 8. The minimum absolute atomic E-state index is 0.713. The Morgan fingerprint density at radius 1 is 0.361 bits per heavy atom. The fourth-order valence-electron chi connectivity index (χ4n) is 10.0. The number of aryl methyl sites for hydroxylation is 9. The van der Waals surface area contributed by atoms with E-state index in [4.69, 9.17) is 22.8 Å². The molecule has 4 heteroatoms. The van der Waals surface area contributed by atoms with E-state index in [9.17, 15) is 0 Å². The fraction of sp³-hybridized carbons (Fsp3) is 0.158. The zero-order valence-corrected chi connectivity index (χ0v) is 36.4. The van der Waals surface area contributed by atoms with Gasteiger partial charge in [-0.25, -0.2) is 9.97 Å². The molecule has 7 aromatic rings. The quantitative estimate of drug-likeness (QED) is 0.175. The second-order valence-corrected chi connectivity index (χ2v) is 16.8. The molecule has 4 nitrogen and oxygen atoms in total. The van der Waals surface area contributed by atoms with Gasteiger partial charge in [-0.15, -0.1) is 12.8 Å². The molecule has 0 amide bonds. The van der Waals surface area contributed by atoms with E-state index in [1.165, 1.54) is 50.1 Å². The Kier molecular flexibility index (Phi) is 9.62. The predicted molar refractivity (Wildman–Crippen MR) is 259 cm³/mol.